The molecule has 2 amide bonds. The van der Waals surface area contributed by atoms with Crippen LogP contribution < -0.4 is 5.32 Å². The highest BCUT2D eigenvalue weighted by atomic mass is 16.5. The van der Waals surface area contributed by atoms with E-state index in [1.165, 1.54) is 31.3 Å². The number of esters is 1. The number of carboxylic acids is 1. The maximum absolute atomic E-state index is 12.0. The fraction of sp³-hybridized carbons (Fsp3) is 0.786. The highest BCUT2D eigenvalue weighted by Crippen LogP contribution is 2.24. The smallest absolute Gasteiger partial charge is 0.326 e. The number of amides is 2. The van der Waals surface area contributed by atoms with Crippen LogP contribution in [0.2, 0.25) is 0 Å². The molecule has 1 rings (SSSR count). The van der Waals surface area contributed by atoms with Gasteiger partial charge in [0.25, 0.3) is 0 Å². The number of hydrogen-bond donors (Lipinski definition) is 2. The van der Waals surface area contributed by atoms with Crippen LogP contribution in [0.25, 0.3) is 0 Å². The maximum Gasteiger partial charge on any atom is 0.326 e. The first kappa shape index (κ1) is 17.3. The SMILES string of the molecule is COC(=O)C[C@H](NC(=O)N(C)CC1CCCCC1)C(=O)O. The molecule has 1 fully saturated rings. The summed E-state index contributed by atoms with van der Waals surface area (Å²) in [5.74, 6) is -1.45. The minimum Gasteiger partial charge on any atom is -0.480 e. The van der Waals surface area contributed by atoms with E-state index < -0.39 is 24.0 Å². The molecule has 2 N–H and O–H groups in total. The fourth-order valence-electron chi connectivity index (χ4n) is 2.55. The van der Waals surface area contributed by atoms with Gasteiger partial charge in [-0.2, -0.15) is 0 Å². The van der Waals surface area contributed by atoms with Crippen molar-refractivity contribution in [2.24, 2.45) is 5.92 Å². The lowest BCUT2D eigenvalue weighted by atomic mass is 9.89. The lowest BCUT2D eigenvalue weighted by Gasteiger charge is -2.28. The van der Waals surface area contributed by atoms with Crippen LogP contribution in [0.15, 0.2) is 0 Å². The number of hydrogen-bond acceptors (Lipinski definition) is 4. The Labute approximate surface area is 124 Å². The van der Waals surface area contributed by atoms with Gasteiger partial charge >= 0.3 is 18.0 Å². The van der Waals surface area contributed by atoms with E-state index in [4.69, 9.17) is 5.11 Å². The number of urea groups is 1. The van der Waals surface area contributed by atoms with Crippen molar-refractivity contribution in [3.8, 4) is 0 Å². The second kappa shape index (κ2) is 8.49. The molecule has 0 spiro atoms. The van der Waals surface area contributed by atoms with Crippen molar-refractivity contribution in [2.45, 2.75) is 44.6 Å². The highest BCUT2D eigenvalue weighted by molar-refractivity contribution is 5.86. The van der Waals surface area contributed by atoms with Gasteiger partial charge in [0.1, 0.15) is 6.04 Å². The number of nitrogens with zero attached hydrogens (tertiary/aromatic N) is 1. The van der Waals surface area contributed by atoms with Gasteiger partial charge < -0.3 is 20.1 Å². The number of carbonyl (C=O) groups excluding carboxylic acids is 2. The summed E-state index contributed by atoms with van der Waals surface area (Å²) in [7, 11) is 2.82. The zero-order valence-electron chi connectivity index (χ0n) is 12.6. The quantitative estimate of drug-likeness (QED) is 0.719. The molecule has 7 nitrogen and oxygen atoms in total. The van der Waals surface area contributed by atoms with E-state index in [2.05, 4.69) is 10.1 Å². The lowest BCUT2D eigenvalue weighted by Crippen LogP contribution is -2.48. The molecule has 0 heterocycles. The molecule has 0 unspecified atom stereocenters. The van der Waals surface area contributed by atoms with Crippen LogP contribution in [-0.4, -0.2) is 54.7 Å². The molecule has 1 saturated carbocycles. The largest absolute Gasteiger partial charge is 0.480 e. The Hall–Kier alpha value is -1.79. The molecule has 0 aliphatic heterocycles. The molecule has 7 heteroatoms. The predicted molar refractivity (Wildman–Crippen MR) is 75.8 cm³/mol. The Kier molecular flexibility index (Phi) is 6.98. The minimum absolute atomic E-state index is 0.380. The summed E-state index contributed by atoms with van der Waals surface area (Å²) in [5, 5.41) is 11.4. The van der Waals surface area contributed by atoms with E-state index in [0.29, 0.717) is 12.5 Å². The van der Waals surface area contributed by atoms with Gasteiger partial charge in [-0.3, -0.25) is 4.79 Å². The third-order valence-corrected chi connectivity index (χ3v) is 3.80. The second-order valence-corrected chi connectivity index (χ2v) is 5.51. The molecule has 120 valence electrons. The van der Waals surface area contributed by atoms with Crippen LogP contribution in [0, 0.1) is 5.92 Å². The van der Waals surface area contributed by atoms with Gasteiger partial charge in [0.15, 0.2) is 0 Å². The zero-order chi connectivity index (χ0) is 15.8. The van der Waals surface area contributed by atoms with Gasteiger partial charge in [-0.15, -0.1) is 0 Å². The van der Waals surface area contributed by atoms with E-state index in [9.17, 15) is 14.4 Å². The monoisotopic (exact) mass is 300 g/mol. The number of aliphatic carboxylic acids is 1. The number of methoxy groups -OCH3 is 1. The molecular weight excluding hydrogens is 276 g/mol. The first-order chi connectivity index (χ1) is 9.93. The molecule has 0 bridgehead atoms. The minimum atomic E-state index is -1.27. The summed E-state index contributed by atoms with van der Waals surface area (Å²) in [4.78, 5) is 35.7. The van der Waals surface area contributed by atoms with E-state index in [0.717, 1.165) is 12.8 Å². The van der Waals surface area contributed by atoms with E-state index in [1.807, 2.05) is 0 Å². The van der Waals surface area contributed by atoms with E-state index in [-0.39, 0.29) is 6.42 Å². The van der Waals surface area contributed by atoms with Crippen LogP contribution in [0.1, 0.15) is 38.5 Å². The Balaban J connectivity index is 2.47. The summed E-state index contributed by atoms with van der Waals surface area (Å²) in [6.45, 7) is 0.608. The number of carboxylic acid groups (broad SMARTS) is 1. The van der Waals surface area contributed by atoms with Gasteiger partial charge in [-0.25, -0.2) is 9.59 Å². The Bertz CT molecular complexity index is 380. The van der Waals surface area contributed by atoms with Crippen LogP contribution in [0.5, 0.6) is 0 Å². The number of carbonyl (C=O) groups is 3. The van der Waals surface area contributed by atoms with Crippen molar-refractivity contribution in [3.05, 3.63) is 0 Å². The molecule has 0 aromatic heterocycles. The summed E-state index contributed by atoms with van der Waals surface area (Å²) in [5.41, 5.74) is 0. The summed E-state index contributed by atoms with van der Waals surface area (Å²) >= 11 is 0. The molecular formula is C14H24N2O5. The topological polar surface area (TPSA) is 95.9 Å². The molecule has 1 aliphatic carbocycles. The molecule has 0 saturated heterocycles. The number of ether oxygens (including phenoxy) is 1. The molecule has 21 heavy (non-hydrogen) atoms. The zero-order valence-corrected chi connectivity index (χ0v) is 12.6. The van der Waals surface area contributed by atoms with Crippen LogP contribution in [-0.2, 0) is 14.3 Å². The second-order valence-electron chi connectivity index (χ2n) is 5.51. The van der Waals surface area contributed by atoms with Gasteiger partial charge in [0.2, 0.25) is 0 Å². The van der Waals surface area contributed by atoms with Crippen molar-refractivity contribution in [1.29, 1.82) is 0 Å². The maximum atomic E-state index is 12.0. The number of rotatable bonds is 6. The molecule has 1 aliphatic rings. The molecule has 0 aromatic rings. The Morgan fingerprint density at radius 2 is 1.90 bits per heavy atom. The van der Waals surface area contributed by atoms with Crippen LogP contribution in [0.3, 0.4) is 0 Å². The van der Waals surface area contributed by atoms with Crippen molar-refractivity contribution >= 4 is 18.0 Å². The van der Waals surface area contributed by atoms with Crippen molar-refractivity contribution < 1.29 is 24.2 Å². The van der Waals surface area contributed by atoms with Gasteiger partial charge in [0.05, 0.1) is 13.5 Å². The van der Waals surface area contributed by atoms with Crippen molar-refractivity contribution in [3.63, 3.8) is 0 Å². The lowest BCUT2D eigenvalue weighted by molar-refractivity contribution is -0.147. The molecule has 0 radical (unpaired) electrons. The van der Waals surface area contributed by atoms with Gasteiger partial charge in [0, 0.05) is 13.6 Å². The average Bonchev–Trinajstić information content (AvgIpc) is 2.47. The van der Waals surface area contributed by atoms with Crippen molar-refractivity contribution in [2.75, 3.05) is 20.7 Å². The van der Waals surface area contributed by atoms with E-state index >= 15 is 0 Å². The standard InChI is InChI=1S/C14H24N2O5/c1-16(9-10-6-4-3-5-7-10)14(20)15-11(13(18)19)8-12(17)21-2/h10-11H,3-9H2,1-2H3,(H,15,20)(H,18,19)/t11-/m0/s1. The summed E-state index contributed by atoms with van der Waals surface area (Å²) < 4.78 is 4.43. The van der Waals surface area contributed by atoms with Crippen molar-refractivity contribution in [1.82, 2.24) is 10.2 Å². The molecule has 1 atom stereocenters. The third-order valence-electron chi connectivity index (χ3n) is 3.80. The molecule has 0 aromatic carbocycles. The fourth-order valence-corrected chi connectivity index (χ4v) is 2.55. The Morgan fingerprint density at radius 3 is 2.43 bits per heavy atom. The third kappa shape index (κ3) is 6.01. The van der Waals surface area contributed by atoms with E-state index in [1.54, 1.807) is 7.05 Å². The predicted octanol–water partition coefficient (Wildman–Crippen LogP) is 1.22. The highest BCUT2D eigenvalue weighted by Gasteiger charge is 2.26. The average molecular weight is 300 g/mol. The Morgan fingerprint density at radius 1 is 1.29 bits per heavy atom. The first-order valence-electron chi connectivity index (χ1n) is 7.25. The van der Waals surface area contributed by atoms with Crippen LogP contribution >= 0.6 is 0 Å². The normalized spacial score (nSPS) is 16.9. The van der Waals surface area contributed by atoms with Gasteiger partial charge in [-0.1, -0.05) is 19.3 Å². The summed E-state index contributed by atoms with van der Waals surface area (Å²) in [6.07, 6.45) is 5.42. The first-order valence-corrected chi connectivity index (χ1v) is 7.25. The van der Waals surface area contributed by atoms with Gasteiger partial charge in [-0.05, 0) is 18.8 Å². The van der Waals surface area contributed by atoms with Crippen LogP contribution in [0.4, 0.5) is 4.79 Å². The summed E-state index contributed by atoms with van der Waals surface area (Å²) in [6, 6.07) is -1.74. The number of nitrogens with one attached hydrogen (secondary N) is 1.